The average molecular weight is 354 g/mol. The summed E-state index contributed by atoms with van der Waals surface area (Å²) in [6.45, 7) is 1.78. The number of carbonyl (C=O) groups excluding carboxylic acids is 1. The molecule has 0 aromatic heterocycles. The molecule has 0 bridgehead atoms. The fraction of sp³-hybridized carbons (Fsp3) is 0.300. The van der Waals surface area contributed by atoms with Crippen molar-refractivity contribution in [2.24, 2.45) is 5.10 Å². The number of nitrogens with zero attached hydrogens (tertiary/aromatic N) is 2. The van der Waals surface area contributed by atoms with Crippen molar-refractivity contribution in [3.8, 4) is 11.5 Å². The van der Waals surface area contributed by atoms with Gasteiger partial charge in [-0.25, -0.2) is 5.01 Å². The Hall–Kier alpha value is -2.86. The van der Waals surface area contributed by atoms with Crippen LogP contribution < -0.4 is 9.47 Å². The van der Waals surface area contributed by atoms with Crippen molar-refractivity contribution in [3.05, 3.63) is 59.7 Å². The number of amides is 1. The van der Waals surface area contributed by atoms with Crippen LogP contribution in [0.1, 0.15) is 24.1 Å². The van der Waals surface area contributed by atoms with E-state index in [4.69, 9.17) is 14.2 Å². The predicted octanol–water partition coefficient (Wildman–Crippen LogP) is 3.03. The SMILES string of the molecule is COc1ccc(/C=N/N2C(=O)[C@@](C)(OC)[C@@H]2c2ccc(OC)cc2)cc1. The van der Waals surface area contributed by atoms with Gasteiger partial charge in [0.25, 0.3) is 5.91 Å². The molecule has 0 unspecified atom stereocenters. The van der Waals surface area contributed by atoms with Crippen LogP contribution in [0.5, 0.6) is 11.5 Å². The minimum atomic E-state index is -0.939. The Morgan fingerprint density at radius 3 is 2.00 bits per heavy atom. The summed E-state index contributed by atoms with van der Waals surface area (Å²) in [5, 5.41) is 5.84. The molecule has 6 nitrogen and oxygen atoms in total. The van der Waals surface area contributed by atoms with Crippen molar-refractivity contribution < 1.29 is 19.0 Å². The molecular weight excluding hydrogens is 332 g/mol. The van der Waals surface area contributed by atoms with Crippen LogP contribution in [0.25, 0.3) is 0 Å². The van der Waals surface area contributed by atoms with E-state index in [1.807, 2.05) is 48.5 Å². The molecule has 1 saturated heterocycles. The molecular formula is C20H22N2O4. The second-order valence-corrected chi connectivity index (χ2v) is 6.15. The van der Waals surface area contributed by atoms with Gasteiger partial charge < -0.3 is 14.2 Å². The van der Waals surface area contributed by atoms with Crippen molar-refractivity contribution in [2.45, 2.75) is 18.6 Å². The third-order valence-electron chi connectivity index (χ3n) is 4.70. The van der Waals surface area contributed by atoms with Gasteiger partial charge in [-0.2, -0.15) is 5.10 Å². The number of β-lactam (4-membered cyclic amide) rings is 1. The van der Waals surface area contributed by atoms with Crippen LogP contribution in [0.15, 0.2) is 53.6 Å². The highest BCUT2D eigenvalue weighted by Crippen LogP contribution is 2.45. The summed E-state index contributed by atoms with van der Waals surface area (Å²) in [5.41, 5.74) is 0.867. The zero-order valence-corrected chi connectivity index (χ0v) is 15.3. The molecule has 26 heavy (non-hydrogen) atoms. The monoisotopic (exact) mass is 354 g/mol. The Bertz CT molecular complexity index is 802. The lowest BCUT2D eigenvalue weighted by Gasteiger charge is -2.50. The third kappa shape index (κ3) is 3.04. The molecule has 1 fully saturated rings. The van der Waals surface area contributed by atoms with Gasteiger partial charge in [0.2, 0.25) is 0 Å². The minimum Gasteiger partial charge on any atom is -0.497 e. The lowest BCUT2D eigenvalue weighted by molar-refractivity contribution is -0.195. The first-order chi connectivity index (χ1) is 12.5. The van der Waals surface area contributed by atoms with Crippen LogP contribution >= 0.6 is 0 Å². The molecule has 0 spiro atoms. The number of hydrogen-bond donors (Lipinski definition) is 0. The Morgan fingerprint density at radius 1 is 0.962 bits per heavy atom. The van der Waals surface area contributed by atoms with E-state index >= 15 is 0 Å². The maximum Gasteiger partial charge on any atom is 0.277 e. The summed E-state index contributed by atoms with van der Waals surface area (Å²) >= 11 is 0. The van der Waals surface area contributed by atoms with Gasteiger partial charge in [0.1, 0.15) is 17.5 Å². The molecule has 0 saturated carbocycles. The third-order valence-corrected chi connectivity index (χ3v) is 4.70. The number of benzene rings is 2. The van der Waals surface area contributed by atoms with E-state index < -0.39 is 5.60 Å². The average Bonchev–Trinajstić information content (AvgIpc) is 2.70. The van der Waals surface area contributed by atoms with Crippen molar-refractivity contribution in [1.82, 2.24) is 5.01 Å². The largest absolute Gasteiger partial charge is 0.497 e. The standard InChI is InChI=1S/C20H22N2O4/c1-20(26-4)18(15-7-11-17(25-3)12-8-15)22(19(20)23)21-13-14-5-9-16(24-2)10-6-14/h5-13,18H,1-4H3/b21-13+/t18-,20-/m0/s1. The molecule has 0 aliphatic carbocycles. The first-order valence-electron chi connectivity index (χ1n) is 8.24. The quantitative estimate of drug-likeness (QED) is 0.591. The molecule has 136 valence electrons. The van der Waals surface area contributed by atoms with E-state index in [0.717, 1.165) is 22.6 Å². The number of rotatable bonds is 6. The van der Waals surface area contributed by atoms with Crippen LogP contribution in [0.2, 0.25) is 0 Å². The molecule has 2 aromatic rings. The molecule has 2 aromatic carbocycles. The van der Waals surface area contributed by atoms with Crippen LogP contribution in [-0.4, -0.2) is 44.1 Å². The zero-order chi connectivity index (χ0) is 18.7. The summed E-state index contributed by atoms with van der Waals surface area (Å²) in [4.78, 5) is 12.6. The molecule has 6 heteroatoms. The highest BCUT2D eigenvalue weighted by atomic mass is 16.5. The fourth-order valence-corrected chi connectivity index (χ4v) is 3.01. The van der Waals surface area contributed by atoms with E-state index in [1.165, 1.54) is 5.01 Å². The number of methoxy groups -OCH3 is 3. The second kappa shape index (κ2) is 7.17. The van der Waals surface area contributed by atoms with Gasteiger partial charge in [0, 0.05) is 7.11 Å². The van der Waals surface area contributed by atoms with Crippen molar-refractivity contribution >= 4 is 12.1 Å². The zero-order valence-electron chi connectivity index (χ0n) is 15.3. The summed E-state index contributed by atoms with van der Waals surface area (Å²) in [7, 11) is 4.78. The highest BCUT2D eigenvalue weighted by Gasteiger charge is 2.59. The first kappa shape index (κ1) is 17.9. The Kier molecular flexibility index (Phi) is 4.95. The van der Waals surface area contributed by atoms with Gasteiger partial charge >= 0.3 is 0 Å². The lowest BCUT2D eigenvalue weighted by atomic mass is 9.81. The Balaban J connectivity index is 1.86. The molecule has 2 atom stereocenters. The van der Waals surface area contributed by atoms with Gasteiger partial charge in [-0.3, -0.25) is 4.79 Å². The minimum absolute atomic E-state index is 0.175. The summed E-state index contributed by atoms with van der Waals surface area (Å²) in [6.07, 6.45) is 1.66. The molecule has 0 radical (unpaired) electrons. The molecule has 1 aliphatic rings. The molecule has 1 amide bonds. The van der Waals surface area contributed by atoms with E-state index in [1.54, 1.807) is 34.5 Å². The lowest BCUT2D eigenvalue weighted by Crippen LogP contribution is -2.65. The predicted molar refractivity (Wildman–Crippen MR) is 98.6 cm³/mol. The highest BCUT2D eigenvalue weighted by molar-refractivity contribution is 5.94. The normalized spacial score (nSPS) is 22.4. The van der Waals surface area contributed by atoms with E-state index in [-0.39, 0.29) is 11.9 Å². The van der Waals surface area contributed by atoms with Crippen LogP contribution in [-0.2, 0) is 9.53 Å². The van der Waals surface area contributed by atoms with Crippen molar-refractivity contribution in [3.63, 3.8) is 0 Å². The summed E-state index contributed by atoms with van der Waals surface area (Å²) in [5.74, 6) is 1.35. The van der Waals surface area contributed by atoms with E-state index in [9.17, 15) is 4.79 Å². The maximum atomic E-state index is 12.6. The van der Waals surface area contributed by atoms with Crippen molar-refractivity contribution in [2.75, 3.05) is 21.3 Å². The van der Waals surface area contributed by atoms with Gasteiger partial charge in [-0.05, 0) is 54.4 Å². The fourth-order valence-electron chi connectivity index (χ4n) is 3.01. The Morgan fingerprint density at radius 2 is 1.50 bits per heavy atom. The first-order valence-corrected chi connectivity index (χ1v) is 8.24. The molecule has 3 rings (SSSR count). The van der Waals surface area contributed by atoms with Crippen molar-refractivity contribution in [1.29, 1.82) is 0 Å². The van der Waals surface area contributed by atoms with E-state index in [2.05, 4.69) is 5.10 Å². The summed E-state index contributed by atoms with van der Waals surface area (Å²) in [6, 6.07) is 14.7. The number of hydrogen-bond acceptors (Lipinski definition) is 5. The van der Waals surface area contributed by atoms with Crippen LogP contribution in [0.3, 0.4) is 0 Å². The van der Waals surface area contributed by atoms with Crippen LogP contribution in [0, 0.1) is 0 Å². The van der Waals surface area contributed by atoms with Crippen LogP contribution in [0.4, 0.5) is 0 Å². The van der Waals surface area contributed by atoms with Gasteiger partial charge in [0.05, 0.1) is 20.4 Å². The molecule has 1 aliphatic heterocycles. The number of ether oxygens (including phenoxy) is 3. The number of hydrazone groups is 1. The Labute approximate surface area is 153 Å². The topological polar surface area (TPSA) is 60.4 Å². The maximum absolute atomic E-state index is 12.6. The van der Waals surface area contributed by atoms with Gasteiger partial charge in [-0.15, -0.1) is 0 Å². The summed E-state index contributed by atoms with van der Waals surface area (Å²) < 4.78 is 15.9. The smallest absolute Gasteiger partial charge is 0.277 e. The van der Waals surface area contributed by atoms with Gasteiger partial charge in [0.15, 0.2) is 5.60 Å². The van der Waals surface area contributed by atoms with Gasteiger partial charge in [-0.1, -0.05) is 12.1 Å². The van der Waals surface area contributed by atoms with E-state index in [0.29, 0.717) is 0 Å². The molecule has 1 heterocycles. The second-order valence-electron chi connectivity index (χ2n) is 6.15. The number of carbonyl (C=O) groups is 1. The molecule has 0 N–H and O–H groups in total.